The molecule has 1 aromatic rings. The highest BCUT2D eigenvalue weighted by Crippen LogP contribution is 2.11. The maximum atomic E-state index is 11.9. The number of carbonyl (C=O) groups excluding carboxylic acids is 1. The van der Waals surface area contributed by atoms with Crippen LogP contribution in [0, 0.1) is 0 Å². The first-order chi connectivity index (χ1) is 7.27. The van der Waals surface area contributed by atoms with Gasteiger partial charge in [0.15, 0.2) is 0 Å². The molecule has 0 radical (unpaired) electrons. The highest BCUT2D eigenvalue weighted by Gasteiger charge is 2.22. The zero-order valence-electron chi connectivity index (χ0n) is 9.31. The first kappa shape index (κ1) is 13.5. The quantitative estimate of drug-likeness (QED) is 0.894. The molecule has 1 unspecified atom stereocenters. The summed E-state index contributed by atoms with van der Waals surface area (Å²) in [5.41, 5.74) is 1.13. The minimum absolute atomic E-state index is 0. The fraction of sp³-hybridized carbons (Fsp3) is 0.545. The predicted octanol–water partition coefficient (Wildman–Crippen LogP) is 1.53. The summed E-state index contributed by atoms with van der Waals surface area (Å²) in [6, 6.07) is 2.40. The first-order valence-electron chi connectivity index (χ1n) is 5.25. The lowest BCUT2D eigenvalue weighted by molar-refractivity contribution is -0.130. The van der Waals surface area contributed by atoms with Crippen LogP contribution < -0.4 is 5.32 Å². The molecule has 1 saturated heterocycles. The molecule has 1 fully saturated rings. The van der Waals surface area contributed by atoms with E-state index in [4.69, 9.17) is 0 Å². The number of hydrogen-bond donors (Lipinski definition) is 1. The number of hydrogen-bond acceptors (Lipinski definition) is 3. The van der Waals surface area contributed by atoms with Crippen molar-refractivity contribution >= 4 is 29.7 Å². The molecule has 1 atom stereocenters. The van der Waals surface area contributed by atoms with E-state index in [1.807, 2.05) is 28.8 Å². The SMILES string of the molecule is CN(C(=O)Cc1ccsc1)C1CCNC1.Cl. The van der Waals surface area contributed by atoms with Crippen molar-refractivity contribution in [3.05, 3.63) is 22.4 Å². The van der Waals surface area contributed by atoms with Crippen molar-refractivity contribution < 1.29 is 4.79 Å². The van der Waals surface area contributed by atoms with Gasteiger partial charge < -0.3 is 10.2 Å². The summed E-state index contributed by atoms with van der Waals surface area (Å²) >= 11 is 1.64. The second kappa shape index (κ2) is 6.23. The molecule has 16 heavy (non-hydrogen) atoms. The third kappa shape index (κ3) is 3.20. The topological polar surface area (TPSA) is 32.3 Å². The second-order valence-electron chi connectivity index (χ2n) is 3.96. The summed E-state index contributed by atoms with van der Waals surface area (Å²) in [7, 11) is 1.91. The molecule has 2 heterocycles. The summed E-state index contributed by atoms with van der Waals surface area (Å²) in [6.45, 7) is 1.96. The Kier molecular flexibility index (Phi) is 5.25. The molecule has 0 aliphatic carbocycles. The monoisotopic (exact) mass is 260 g/mol. The number of nitrogens with one attached hydrogen (secondary N) is 1. The highest BCUT2D eigenvalue weighted by atomic mass is 35.5. The molecule has 0 saturated carbocycles. The molecule has 0 aromatic carbocycles. The van der Waals surface area contributed by atoms with Crippen molar-refractivity contribution in [3.8, 4) is 0 Å². The normalized spacial score (nSPS) is 19.2. The fourth-order valence-corrected chi connectivity index (χ4v) is 2.53. The number of nitrogens with zero attached hydrogens (tertiary/aromatic N) is 1. The Morgan fingerprint density at radius 1 is 1.69 bits per heavy atom. The van der Waals surface area contributed by atoms with E-state index in [1.165, 1.54) is 0 Å². The zero-order chi connectivity index (χ0) is 10.7. The largest absolute Gasteiger partial charge is 0.341 e. The van der Waals surface area contributed by atoms with Gasteiger partial charge in [-0.25, -0.2) is 0 Å². The van der Waals surface area contributed by atoms with Crippen LogP contribution in [0.5, 0.6) is 0 Å². The van der Waals surface area contributed by atoms with Crippen LogP contribution >= 0.6 is 23.7 Å². The van der Waals surface area contributed by atoms with E-state index in [2.05, 4.69) is 5.32 Å². The Hall–Kier alpha value is -0.580. The van der Waals surface area contributed by atoms with Gasteiger partial charge in [-0.2, -0.15) is 11.3 Å². The number of likely N-dealkylation sites (N-methyl/N-ethyl adjacent to an activating group) is 1. The van der Waals surface area contributed by atoms with Gasteiger partial charge in [0.1, 0.15) is 0 Å². The minimum Gasteiger partial charge on any atom is -0.341 e. The van der Waals surface area contributed by atoms with Gasteiger partial charge in [0.2, 0.25) is 5.91 Å². The van der Waals surface area contributed by atoms with Crippen LogP contribution in [0.15, 0.2) is 16.8 Å². The van der Waals surface area contributed by atoms with Crippen LogP contribution in [-0.4, -0.2) is 37.0 Å². The lowest BCUT2D eigenvalue weighted by atomic mass is 10.2. The number of halogens is 1. The number of thiophene rings is 1. The molecular weight excluding hydrogens is 244 g/mol. The third-order valence-electron chi connectivity index (χ3n) is 2.91. The molecule has 0 bridgehead atoms. The molecule has 1 N–H and O–H groups in total. The van der Waals surface area contributed by atoms with Gasteiger partial charge in [0.05, 0.1) is 6.42 Å². The predicted molar refractivity (Wildman–Crippen MR) is 69.3 cm³/mol. The molecular formula is C11H17ClN2OS. The second-order valence-corrected chi connectivity index (χ2v) is 4.74. The lowest BCUT2D eigenvalue weighted by Crippen LogP contribution is -2.39. The lowest BCUT2D eigenvalue weighted by Gasteiger charge is -2.23. The van der Waals surface area contributed by atoms with Gasteiger partial charge >= 0.3 is 0 Å². The number of carbonyl (C=O) groups is 1. The molecule has 3 nitrogen and oxygen atoms in total. The Labute approximate surface area is 106 Å². The molecule has 0 spiro atoms. The molecule has 1 aliphatic rings. The average Bonchev–Trinajstić information content (AvgIpc) is 2.88. The summed E-state index contributed by atoms with van der Waals surface area (Å²) < 4.78 is 0. The summed E-state index contributed by atoms with van der Waals surface area (Å²) in [5.74, 6) is 0.224. The van der Waals surface area contributed by atoms with E-state index >= 15 is 0 Å². The first-order valence-corrected chi connectivity index (χ1v) is 6.19. The third-order valence-corrected chi connectivity index (χ3v) is 3.64. The maximum Gasteiger partial charge on any atom is 0.227 e. The average molecular weight is 261 g/mol. The smallest absolute Gasteiger partial charge is 0.227 e. The van der Waals surface area contributed by atoms with E-state index in [0.29, 0.717) is 12.5 Å². The summed E-state index contributed by atoms with van der Waals surface area (Å²) in [4.78, 5) is 13.8. The van der Waals surface area contributed by atoms with Crippen LogP contribution in [0.1, 0.15) is 12.0 Å². The Morgan fingerprint density at radius 3 is 3.06 bits per heavy atom. The van der Waals surface area contributed by atoms with Crippen molar-refractivity contribution in [2.75, 3.05) is 20.1 Å². The zero-order valence-corrected chi connectivity index (χ0v) is 10.9. The van der Waals surface area contributed by atoms with E-state index in [-0.39, 0.29) is 18.3 Å². The van der Waals surface area contributed by atoms with Crippen molar-refractivity contribution in [2.24, 2.45) is 0 Å². The van der Waals surface area contributed by atoms with Gasteiger partial charge in [0.25, 0.3) is 0 Å². The number of rotatable bonds is 3. The van der Waals surface area contributed by atoms with Gasteiger partial charge in [-0.15, -0.1) is 12.4 Å². The van der Waals surface area contributed by atoms with Crippen molar-refractivity contribution in [1.29, 1.82) is 0 Å². The Balaban J connectivity index is 0.00000128. The van der Waals surface area contributed by atoms with E-state index in [9.17, 15) is 4.79 Å². The van der Waals surface area contributed by atoms with E-state index in [1.54, 1.807) is 11.3 Å². The molecule has 1 aliphatic heterocycles. The fourth-order valence-electron chi connectivity index (χ4n) is 1.87. The van der Waals surface area contributed by atoms with Crippen molar-refractivity contribution in [1.82, 2.24) is 10.2 Å². The van der Waals surface area contributed by atoms with E-state index < -0.39 is 0 Å². The van der Waals surface area contributed by atoms with Crippen LogP contribution in [0.2, 0.25) is 0 Å². The van der Waals surface area contributed by atoms with Gasteiger partial charge in [-0.1, -0.05) is 0 Å². The van der Waals surface area contributed by atoms with Gasteiger partial charge in [-0.3, -0.25) is 4.79 Å². The van der Waals surface area contributed by atoms with Crippen LogP contribution in [0.3, 0.4) is 0 Å². The van der Waals surface area contributed by atoms with E-state index in [0.717, 1.165) is 25.1 Å². The summed E-state index contributed by atoms with van der Waals surface area (Å²) in [6.07, 6.45) is 1.61. The molecule has 5 heteroatoms. The molecule has 90 valence electrons. The Morgan fingerprint density at radius 2 is 2.50 bits per heavy atom. The van der Waals surface area contributed by atoms with Gasteiger partial charge in [-0.05, 0) is 35.4 Å². The maximum absolute atomic E-state index is 11.9. The summed E-state index contributed by atoms with van der Waals surface area (Å²) in [5, 5.41) is 7.33. The molecule has 1 aromatic heterocycles. The van der Waals surface area contributed by atoms with Crippen molar-refractivity contribution in [3.63, 3.8) is 0 Å². The van der Waals surface area contributed by atoms with Crippen LogP contribution in [0.25, 0.3) is 0 Å². The molecule has 2 rings (SSSR count). The van der Waals surface area contributed by atoms with Crippen LogP contribution in [0.4, 0.5) is 0 Å². The minimum atomic E-state index is 0. The number of amides is 1. The van der Waals surface area contributed by atoms with Gasteiger partial charge in [0, 0.05) is 19.6 Å². The Bertz CT molecular complexity index is 323. The highest BCUT2D eigenvalue weighted by molar-refractivity contribution is 7.07. The van der Waals surface area contributed by atoms with Crippen LogP contribution in [-0.2, 0) is 11.2 Å². The molecule has 1 amide bonds. The standard InChI is InChI=1S/C11H16N2OS.ClH/c1-13(10-2-4-12-7-10)11(14)6-9-3-5-15-8-9;/h3,5,8,10,12H,2,4,6-7H2,1H3;1H. The van der Waals surface area contributed by atoms with Crippen molar-refractivity contribution in [2.45, 2.75) is 18.9 Å².